The van der Waals surface area contributed by atoms with E-state index in [9.17, 15) is 4.79 Å². The van der Waals surface area contributed by atoms with Crippen LogP contribution in [0, 0.1) is 0 Å². The molecule has 1 aromatic heterocycles. The zero-order valence-electron chi connectivity index (χ0n) is 15.5. The number of oxazole rings is 1. The first-order chi connectivity index (χ1) is 14.6. The van der Waals surface area contributed by atoms with Gasteiger partial charge in [0, 0.05) is 32.2 Å². The second-order valence-electron chi connectivity index (χ2n) is 6.81. The van der Waals surface area contributed by atoms with E-state index in [0.717, 1.165) is 16.3 Å². The lowest BCUT2D eigenvalue weighted by Crippen LogP contribution is -2.12. The molecule has 0 bridgehead atoms. The lowest BCUT2D eigenvalue weighted by atomic mass is 10.0. The number of hydrogen-bond donors (Lipinski definition) is 1. The molecule has 0 saturated heterocycles. The lowest BCUT2D eigenvalue weighted by Gasteiger charge is -2.09. The summed E-state index contributed by atoms with van der Waals surface area (Å²) >= 11 is 12.3. The van der Waals surface area contributed by atoms with Crippen LogP contribution in [0.4, 0.5) is 5.69 Å². The molecule has 1 amide bonds. The van der Waals surface area contributed by atoms with Gasteiger partial charge in [0.25, 0.3) is 5.91 Å². The molecule has 0 aliphatic heterocycles. The molecule has 5 aromatic rings. The molecular weight excluding hydrogens is 419 g/mol. The van der Waals surface area contributed by atoms with E-state index < -0.39 is 0 Å². The molecule has 5 rings (SSSR count). The zero-order valence-corrected chi connectivity index (χ0v) is 17.0. The fraction of sp³-hybridized carbons (Fsp3) is 0. The molecule has 0 fully saturated rings. The minimum Gasteiger partial charge on any atom is -0.436 e. The van der Waals surface area contributed by atoms with Gasteiger partial charge < -0.3 is 9.73 Å². The SMILES string of the molecule is O=C(Nc1cccc(-c2nc3cc(Cl)ccc3o2)c1)c1cccc2c(Cl)cccc12. The number of nitrogens with zero attached hydrogens (tertiary/aromatic N) is 1. The van der Waals surface area contributed by atoms with Gasteiger partial charge in [0.1, 0.15) is 5.52 Å². The van der Waals surface area contributed by atoms with Gasteiger partial charge >= 0.3 is 0 Å². The van der Waals surface area contributed by atoms with Gasteiger partial charge in [-0.2, -0.15) is 0 Å². The van der Waals surface area contributed by atoms with E-state index in [0.29, 0.717) is 38.3 Å². The van der Waals surface area contributed by atoms with Crippen molar-refractivity contribution in [2.75, 3.05) is 5.32 Å². The molecule has 4 aromatic carbocycles. The van der Waals surface area contributed by atoms with Gasteiger partial charge in [0.15, 0.2) is 5.58 Å². The maximum Gasteiger partial charge on any atom is 0.256 e. The molecule has 0 radical (unpaired) electrons. The van der Waals surface area contributed by atoms with E-state index >= 15 is 0 Å². The van der Waals surface area contributed by atoms with E-state index in [2.05, 4.69) is 10.3 Å². The number of benzene rings is 4. The van der Waals surface area contributed by atoms with Crippen molar-refractivity contribution >= 4 is 56.7 Å². The third kappa shape index (κ3) is 3.41. The largest absolute Gasteiger partial charge is 0.436 e. The topological polar surface area (TPSA) is 55.1 Å². The van der Waals surface area contributed by atoms with E-state index in [1.54, 1.807) is 24.3 Å². The van der Waals surface area contributed by atoms with Crippen LogP contribution >= 0.6 is 23.2 Å². The van der Waals surface area contributed by atoms with E-state index in [1.165, 1.54) is 0 Å². The van der Waals surface area contributed by atoms with Crippen LogP contribution in [-0.2, 0) is 0 Å². The predicted molar refractivity (Wildman–Crippen MR) is 121 cm³/mol. The maximum absolute atomic E-state index is 13.0. The van der Waals surface area contributed by atoms with Crippen molar-refractivity contribution < 1.29 is 9.21 Å². The highest BCUT2D eigenvalue weighted by Gasteiger charge is 2.13. The molecule has 0 saturated carbocycles. The first-order valence-electron chi connectivity index (χ1n) is 9.23. The van der Waals surface area contributed by atoms with Crippen LogP contribution in [-0.4, -0.2) is 10.9 Å². The summed E-state index contributed by atoms with van der Waals surface area (Å²) in [6, 6.07) is 23.7. The van der Waals surface area contributed by atoms with Crippen molar-refractivity contribution in [1.29, 1.82) is 0 Å². The zero-order chi connectivity index (χ0) is 20.7. The van der Waals surface area contributed by atoms with Crippen LogP contribution in [0.3, 0.4) is 0 Å². The molecule has 146 valence electrons. The van der Waals surface area contributed by atoms with Crippen LogP contribution < -0.4 is 5.32 Å². The molecule has 0 unspecified atom stereocenters. The summed E-state index contributed by atoms with van der Waals surface area (Å²) in [5.41, 5.74) is 3.27. The van der Waals surface area contributed by atoms with E-state index in [4.69, 9.17) is 27.6 Å². The highest BCUT2D eigenvalue weighted by molar-refractivity contribution is 6.36. The second kappa shape index (κ2) is 7.48. The Morgan fingerprint density at radius 2 is 1.67 bits per heavy atom. The molecule has 4 nitrogen and oxygen atoms in total. The van der Waals surface area contributed by atoms with Crippen molar-refractivity contribution in [3.05, 3.63) is 94.5 Å². The summed E-state index contributed by atoms with van der Waals surface area (Å²) in [5, 5.41) is 5.80. The summed E-state index contributed by atoms with van der Waals surface area (Å²) in [6.45, 7) is 0. The van der Waals surface area contributed by atoms with Gasteiger partial charge in [-0.05, 0) is 53.9 Å². The first-order valence-corrected chi connectivity index (χ1v) is 9.99. The summed E-state index contributed by atoms with van der Waals surface area (Å²) in [4.78, 5) is 17.5. The van der Waals surface area contributed by atoms with Crippen molar-refractivity contribution in [3.8, 4) is 11.5 Å². The fourth-order valence-electron chi connectivity index (χ4n) is 3.42. The highest BCUT2D eigenvalue weighted by Crippen LogP contribution is 2.29. The average Bonchev–Trinajstić information content (AvgIpc) is 3.17. The minimum atomic E-state index is -0.218. The Labute approximate surface area is 182 Å². The summed E-state index contributed by atoms with van der Waals surface area (Å²) < 4.78 is 5.83. The summed E-state index contributed by atoms with van der Waals surface area (Å²) in [6.07, 6.45) is 0. The second-order valence-corrected chi connectivity index (χ2v) is 7.65. The third-order valence-corrected chi connectivity index (χ3v) is 5.40. The van der Waals surface area contributed by atoms with Gasteiger partial charge in [0.05, 0.1) is 0 Å². The first kappa shape index (κ1) is 18.7. The maximum atomic E-state index is 13.0. The van der Waals surface area contributed by atoms with Crippen molar-refractivity contribution in [2.45, 2.75) is 0 Å². The Morgan fingerprint density at radius 3 is 2.57 bits per heavy atom. The monoisotopic (exact) mass is 432 g/mol. The number of aromatic nitrogens is 1. The molecule has 30 heavy (non-hydrogen) atoms. The smallest absolute Gasteiger partial charge is 0.256 e. The standard InChI is InChI=1S/C24H14Cl2N2O2/c25-15-10-11-22-21(13-15)28-24(30-22)14-4-1-5-16(12-14)27-23(29)19-8-2-7-18-17(19)6-3-9-20(18)26/h1-13H,(H,27,29). The number of fused-ring (bicyclic) bond motifs is 2. The van der Waals surface area contributed by atoms with Crippen molar-refractivity contribution in [3.63, 3.8) is 0 Å². The number of carbonyl (C=O) groups is 1. The number of anilines is 1. The van der Waals surface area contributed by atoms with Crippen LogP contribution in [0.2, 0.25) is 10.0 Å². The quantitative estimate of drug-likeness (QED) is 0.327. The molecule has 1 heterocycles. The van der Waals surface area contributed by atoms with Crippen LogP contribution in [0.1, 0.15) is 10.4 Å². The van der Waals surface area contributed by atoms with Crippen molar-refractivity contribution in [1.82, 2.24) is 4.98 Å². The molecule has 0 spiro atoms. The van der Waals surface area contributed by atoms with Gasteiger partial charge in [-0.25, -0.2) is 4.98 Å². The number of carbonyl (C=O) groups excluding carboxylic acids is 1. The Kier molecular flexibility index (Phi) is 4.66. The number of nitrogens with one attached hydrogen (secondary N) is 1. The molecule has 0 atom stereocenters. The number of rotatable bonds is 3. The summed E-state index contributed by atoms with van der Waals surface area (Å²) in [5.74, 6) is 0.240. The van der Waals surface area contributed by atoms with Gasteiger partial charge in [-0.15, -0.1) is 0 Å². The average molecular weight is 433 g/mol. The molecule has 0 aliphatic rings. The van der Waals surface area contributed by atoms with Gasteiger partial charge in [-0.3, -0.25) is 4.79 Å². The Balaban J connectivity index is 1.47. The van der Waals surface area contributed by atoms with E-state index in [-0.39, 0.29) is 5.91 Å². The Bertz CT molecular complexity index is 1430. The van der Waals surface area contributed by atoms with Crippen LogP contribution in [0.5, 0.6) is 0 Å². The molecule has 6 heteroatoms. The predicted octanol–water partition coefficient (Wildman–Crippen LogP) is 7.21. The normalized spacial score (nSPS) is 11.1. The minimum absolute atomic E-state index is 0.218. The highest BCUT2D eigenvalue weighted by atomic mass is 35.5. The van der Waals surface area contributed by atoms with Gasteiger partial charge in [-0.1, -0.05) is 53.5 Å². The van der Waals surface area contributed by atoms with E-state index in [1.807, 2.05) is 54.6 Å². The molecule has 0 aliphatic carbocycles. The number of amides is 1. The van der Waals surface area contributed by atoms with Crippen molar-refractivity contribution in [2.24, 2.45) is 0 Å². The lowest BCUT2D eigenvalue weighted by molar-refractivity contribution is 0.102. The van der Waals surface area contributed by atoms with Crippen LogP contribution in [0.15, 0.2) is 83.3 Å². The van der Waals surface area contributed by atoms with Gasteiger partial charge in [0.2, 0.25) is 5.89 Å². The molecule has 1 N–H and O–H groups in total. The number of halogens is 2. The third-order valence-electron chi connectivity index (χ3n) is 4.83. The van der Waals surface area contributed by atoms with Crippen LogP contribution in [0.25, 0.3) is 33.3 Å². The Hall–Kier alpha value is -3.34. The molecular formula is C24H14Cl2N2O2. The summed E-state index contributed by atoms with van der Waals surface area (Å²) in [7, 11) is 0. The Morgan fingerprint density at radius 1 is 0.867 bits per heavy atom. The fourth-order valence-corrected chi connectivity index (χ4v) is 3.83. The number of hydrogen-bond acceptors (Lipinski definition) is 3.